The average Bonchev–Trinajstić information content (AvgIpc) is 1.62. The van der Waals surface area contributed by atoms with E-state index in [1.165, 1.54) is 0 Å². The van der Waals surface area contributed by atoms with E-state index in [1.807, 2.05) is 0 Å². The van der Waals surface area contributed by atoms with E-state index in [4.69, 9.17) is 5.11 Å². The summed E-state index contributed by atoms with van der Waals surface area (Å²) in [7, 11) is 0. The van der Waals surface area contributed by atoms with Crippen LogP contribution in [-0.4, -0.2) is 21.2 Å². The molecule has 0 aromatic carbocycles. The molecule has 1 nitrogen and oxygen atoms in total. The van der Waals surface area contributed by atoms with Gasteiger partial charge < -0.3 is 5.11 Å². The molecule has 0 bridgehead atoms. The molecule has 0 spiro atoms. The normalized spacial score (nSPS) is 21.9. The van der Waals surface area contributed by atoms with Gasteiger partial charge in [-0.05, 0) is 0 Å². The molecular formula is C3H2Cl3F3O. The third-order valence-corrected chi connectivity index (χ3v) is 1.86. The van der Waals surface area contributed by atoms with E-state index < -0.39 is 16.1 Å². The minimum Gasteiger partial charge on any atom is -0.360 e. The van der Waals surface area contributed by atoms with Crippen LogP contribution in [0.3, 0.4) is 0 Å². The summed E-state index contributed by atoms with van der Waals surface area (Å²) in [5.41, 5.74) is 0. The van der Waals surface area contributed by atoms with E-state index in [0.29, 0.717) is 0 Å². The smallest absolute Gasteiger partial charge is 0.311 e. The summed E-state index contributed by atoms with van der Waals surface area (Å²) < 4.78 is 32.2. The molecule has 0 aliphatic carbocycles. The Balaban J connectivity index is 4.40. The van der Waals surface area contributed by atoms with Crippen molar-refractivity contribution in [3.05, 3.63) is 0 Å². The van der Waals surface area contributed by atoms with Crippen LogP contribution in [0.25, 0.3) is 0 Å². The first-order valence-electron chi connectivity index (χ1n) is 1.96. The number of halogens is 6. The molecule has 0 radical (unpaired) electrons. The minimum atomic E-state index is -3.84. The van der Waals surface area contributed by atoms with Gasteiger partial charge in [0.25, 0.3) is 6.36 Å². The Labute approximate surface area is 69.7 Å². The fraction of sp³-hybridized carbons (Fsp3) is 1.00. The van der Waals surface area contributed by atoms with Crippen molar-refractivity contribution in [1.29, 1.82) is 0 Å². The molecule has 7 heteroatoms. The Hall–Kier alpha value is 0.620. The quantitative estimate of drug-likeness (QED) is 0.704. The molecule has 1 N–H and O–H groups in total. The monoisotopic (exact) mass is 216 g/mol. The van der Waals surface area contributed by atoms with E-state index in [1.54, 1.807) is 0 Å². The van der Waals surface area contributed by atoms with Crippen LogP contribution in [0.2, 0.25) is 0 Å². The summed E-state index contributed by atoms with van der Waals surface area (Å²) in [6.45, 7) is 0. The zero-order valence-corrected chi connectivity index (χ0v) is 6.56. The van der Waals surface area contributed by atoms with E-state index in [-0.39, 0.29) is 0 Å². The first-order chi connectivity index (χ1) is 4.19. The van der Waals surface area contributed by atoms with Crippen molar-refractivity contribution >= 4 is 34.8 Å². The molecular weight excluding hydrogens is 215 g/mol. The first-order valence-corrected chi connectivity index (χ1v) is 3.09. The number of rotatable bonds is 2. The molecule has 0 saturated heterocycles. The van der Waals surface area contributed by atoms with Gasteiger partial charge in [-0.3, -0.25) is 0 Å². The van der Waals surface area contributed by atoms with Crippen molar-refractivity contribution in [3.63, 3.8) is 0 Å². The van der Waals surface area contributed by atoms with Gasteiger partial charge in [-0.2, -0.15) is 0 Å². The Kier molecular flexibility index (Phi) is 3.11. The third kappa shape index (κ3) is 2.05. The van der Waals surface area contributed by atoms with Crippen LogP contribution in [0.1, 0.15) is 0 Å². The number of aliphatic hydroxyl groups excluding tert-OH is 1. The highest BCUT2D eigenvalue weighted by molar-refractivity contribution is 6.51. The molecule has 0 rings (SSSR count). The van der Waals surface area contributed by atoms with E-state index in [9.17, 15) is 13.2 Å². The summed E-state index contributed by atoms with van der Waals surface area (Å²) in [5.74, 6) is 0. The molecule has 0 aliphatic heterocycles. The van der Waals surface area contributed by atoms with Gasteiger partial charge in [-0.1, -0.05) is 34.8 Å². The van der Waals surface area contributed by atoms with Gasteiger partial charge in [0.05, 0.1) is 0 Å². The largest absolute Gasteiger partial charge is 0.360 e. The van der Waals surface area contributed by atoms with E-state index >= 15 is 0 Å². The maximum atomic E-state index is 12.2. The zero-order chi connectivity index (χ0) is 8.58. The maximum absolute atomic E-state index is 12.2. The van der Waals surface area contributed by atoms with Crippen LogP contribution in [0.5, 0.6) is 0 Å². The maximum Gasteiger partial charge on any atom is 0.311 e. The summed E-state index contributed by atoms with van der Waals surface area (Å²) in [6, 6.07) is 0. The second-order valence-electron chi connectivity index (χ2n) is 1.46. The average molecular weight is 217 g/mol. The fourth-order valence-corrected chi connectivity index (χ4v) is 0.315. The Morgan fingerprint density at radius 3 is 1.50 bits per heavy atom. The topological polar surface area (TPSA) is 20.2 Å². The Morgan fingerprint density at radius 2 is 1.50 bits per heavy atom. The van der Waals surface area contributed by atoms with E-state index in [0.717, 1.165) is 0 Å². The molecule has 0 aliphatic rings. The van der Waals surface area contributed by atoms with Gasteiger partial charge in [-0.15, -0.1) is 0 Å². The van der Waals surface area contributed by atoms with Crippen molar-refractivity contribution in [2.75, 3.05) is 0 Å². The molecule has 0 amide bonds. The van der Waals surface area contributed by atoms with Crippen LogP contribution in [-0.2, 0) is 0 Å². The molecule has 10 heavy (non-hydrogen) atoms. The van der Waals surface area contributed by atoms with Crippen LogP contribution >= 0.6 is 34.8 Å². The molecule has 62 valence electrons. The lowest BCUT2D eigenvalue weighted by Gasteiger charge is -2.23. The van der Waals surface area contributed by atoms with E-state index in [2.05, 4.69) is 34.8 Å². The lowest BCUT2D eigenvalue weighted by atomic mass is 10.4. The number of hydrogen-bond donors (Lipinski definition) is 1. The minimum absolute atomic E-state index is 3.28. The SMILES string of the molecule is OC(F)C(F)(Cl)C(F)(Cl)Cl. The van der Waals surface area contributed by atoms with Crippen LogP contribution in [0.4, 0.5) is 13.2 Å². The highest BCUT2D eigenvalue weighted by atomic mass is 35.5. The summed E-state index contributed by atoms with van der Waals surface area (Å²) in [5, 5.41) is 4.00. The van der Waals surface area contributed by atoms with Gasteiger partial charge in [0.2, 0.25) is 0 Å². The first kappa shape index (κ1) is 10.6. The number of hydrogen-bond acceptors (Lipinski definition) is 1. The molecule has 0 heterocycles. The molecule has 2 unspecified atom stereocenters. The van der Waals surface area contributed by atoms with Gasteiger partial charge in [0.1, 0.15) is 0 Å². The Morgan fingerprint density at radius 1 is 1.20 bits per heavy atom. The van der Waals surface area contributed by atoms with Crippen molar-refractivity contribution < 1.29 is 18.3 Å². The lowest BCUT2D eigenvalue weighted by Crippen LogP contribution is -2.42. The third-order valence-electron chi connectivity index (χ3n) is 0.677. The highest BCUT2D eigenvalue weighted by Gasteiger charge is 2.56. The van der Waals surface area contributed by atoms with Crippen molar-refractivity contribution in [3.8, 4) is 0 Å². The predicted molar refractivity (Wildman–Crippen MR) is 32.4 cm³/mol. The van der Waals surface area contributed by atoms with Crippen molar-refractivity contribution in [2.45, 2.75) is 16.1 Å². The molecule has 0 fully saturated rings. The van der Waals surface area contributed by atoms with Crippen LogP contribution in [0, 0.1) is 0 Å². The van der Waals surface area contributed by atoms with Gasteiger partial charge >= 0.3 is 9.72 Å². The fourth-order valence-electron chi connectivity index (χ4n) is 0.135. The summed E-state index contributed by atoms with van der Waals surface area (Å²) in [6.07, 6.45) is -3.28. The molecule has 0 aromatic rings. The molecule has 0 saturated carbocycles. The second-order valence-corrected chi connectivity index (χ2v) is 3.24. The lowest BCUT2D eigenvalue weighted by molar-refractivity contribution is -0.0744. The number of alkyl halides is 6. The van der Waals surface area contributed by atoms with Crippen molar-refractivity contribution in [1.82, 2.24) is 0 Å². The summed E-state index contributed by atoms with van der Waals surface area (Å²) in [4.78, 5) is 0. The van der Waals surface area contributed by atoms with Gasteiger partial charge in [-0.25, -0.2) is 13.2 Å². The standard InChI is InChI=1S/C3H2Cl3F3O/c4-2(8,1(7)10)3(5,6)9/h1,10H. The number of aliphatic hydroxyl groups is 1. The van der Waals surface area contributed by atoms with Gasteiger partial charge in [0, 0.05) is 0 Å². The molecule has 0 aromatic heterocycles. The summed E-state index contributed by atoms with van der Waals surface area (Å²) >= 11 is 13.2. The Bertz CT molecular complexity index is 121. The van der Waals surface area contributed by atoms with Crippen LogP contribution < -0.4 is 0 Å². The molecule has 2 atom stereocenters. The second kappa shape index (κ2) is 2.93. The zero-order valence-electron chi connectivity index (χ0n) is 4.29. The van der Waals surface area contributed by atoms with Gasteiger partial charge in [0.15, 0.2) is 0 Å². The predicted octanol–water partition coefficient (Wildman–Crippen LogP) is 2.28. The van der Waals surface area contributed by atoms with Crippen molar-refractivity contribution in [2.24, 2.45) is 0 Å². The van der Waals surface area contributed by atoms with Crippen LogP contribution in [0.15, 0.2) is 0 Å². The highest BCUT2D eigenvalue weighted by Crippen LogP contribution is 2.44.